The van der Waals surface area contributed by atoms with Crippen LogP contribution in [-0.4, -0.2) is 41.1 Å². The molecule has 0 aliphatic heterocycles. The number of hydrogen-bond acceptors (Lipinski definition) is 3. The summed E-state index contributed by atoms with van der Waals surface area (Å²) in [6.07, 6.45) is 2.79. The molecule has 1 heterocycles. The molecule has 4 N–H and O–H groups in total. The molecule has 1 aromatic carbocycles. The maximum Gasteiger partial charge on any atom is 0.326 e. The first-order valence-corrected chi connectivity index (χ1v) is 8.17. The normalized spacial score (nSPS) is 13.8. The number of carboxylic acids is 1. The number of likely N-dealkylation sites (N-methyl/N-ethyl adjacent to an activating group) is 1. The van der Waals surface area contributed by atoms with Crippen LogP contribution in [0.15, 0.2) is 30.5 Å². The standard InChI is InChI=1S/C18H25N3O3/c1-11(2)8-16(18(23)24)21-17(22)15(19-3)9-12-10-20-14-7-5-4-6-13(12)14/h4-7,10-11,15-16,19-20H,8-9H2,1-3H3,(H,21,22)(H,23,24). The molecule has 0 aliphatic carbocycles. The van der Waals surface area contributed by atoms with Crippen LogP contribution < -0.4 is 10.6 Å². The van der Waals surface area contributed by atoms with Crippen molar-refractivity contribution < 1.29 is 14.7 Å². The maximum atomic E-state index is 12.5. The molecule has 2 atom stereocenters. The Morgan fingerprint density at radius 3 is 2.54 bits per heavy atom. The Hall–Kier alpha value is -2.34. The van der Waals surface area contributed by atoms with E-state index in [1.807, 2.05) is 44.3 Å². The van der Waals surface area contributed by atoms with Gasteiger partial charge in [0.05, 0.1) is 6.04 Å². The number of amides is 1. The second-order valence-electron chi connectivity index (χ2n) is 6.43. The number of benzene rings is 1. The van der Waals surface area contributed by atoms with E-state index >= 15 is 0 Å². The van der Waals surface area contributed by atoms with Gasteiger partial charge < -0.3 is 20.7 Å². The lowest BCUT2D eigenvalue weighted by molar-refractivity contribution is -0.142. The molecule has 0 fully saturated rings. The molecule has 0 saturated heterocycles. The lowest BCUT2D eigenvalue weighted by Crippen LogP contribution is -2.50. The van der Waals surface area contributed by atoms with E-state index in [1.165, 1.54) is 0 Å². The van der Waals surface area contributed by atoms with Gasteiger partial charge in [-0.3, -0.25) is 4.79 Å². The number of nitrogens with one attached hydrogen (secondary N) is 3. The van der Waals surface area contributed by atoms with Crippen LogP contribution in [0.4, 0.5) is 0 Å². The third-order valence-electron chi connectivity index (χ3n) is 4.09. The van der Waals surface area contributed by atoms with Crippen molar-refractivity contribution in [2.24, 2.45) is 5.92 Å². The van der Waals surface area contributed by atoms with Crippen molar-refractivity contribution in [3.05, 3.63) is 36.0 Å². The van der Waals surface area contributed by atoms with Crippen LogP contribution in [0.25, 0.3) is 10.9 Å². The molecule has 0 radical (unpaired) electrons. The van der Waals surface area contributed by atoms with Gasteiger partial charge in [0.2, 0.25) is 5.91 Å². The van der Waals surface area contributed by atoms with Gasteiger partial charge in [-0.25, -0.2) is 4.79 Å². The predicted octanol–water partition coefficient (Wildman–Crippen LogP) is 1.91. The van der Waals surface area contributed by atoms with Crippen molar-refractivity contribution in [3.8, 4) is 0 Å². The van der Waals surface area contributed by atoms with E-state index in [0.717, 1.165) is 16.5 Å². The van der Waals surface area contributed by atoms with Crippen molar-refractivity contribution in [1.82, 2.24) is 15.6 Å². The van der Waals surface area contributed by atoms with Crippen LogP contribution in [0, 0.1) is 5.92 Å². The number of para-hydroxylation sites is 1. The summed E-state index contributed by atoms with van der Waals surface area (Å²) < 4.78 is 0. The zero-order chi connectivity index (χ0) is 17.7. The Morgan fingerprint density at radius 2 is 1.92 bits per heavy atom. The number of fused-ring (bicyclic) bond motifs is 1. The van der Waals surface area contributed by atoms with Crippen LogP contribution in [0.3, 0.4) is 0 Å². The summed E-state index contributed by atoms with van der Waals surface area (Å²) in [5.41, 5.74) is 2.04. The van der Waals surface area contributed by atoms with Crippen LogP contribution in [-0.2, 0) is 16.0 Å². The molecule has 1 amide bonds. The molecular weight excluding hydrogens is 306 g/mol. The van der Waals surface area contributed by atoms with Crippen LogP contribution in [0.2, 0.25) is 0 Å². The van der Waals surface area contributed by atoms with Crippen molar-refractivity contribution in [3.63, 3.8) is 0 Å². The number of aromatic nitrogens is 1. The van der Waals surface area contributed by atoms with E-state index in [4.69, 9.17) is 0 Å². The van der Waals surface area contributed by atoms with E-state index < -0.39 is 18.1 Å². The van der Waals surface area contributed by atoms with Crippen molar-refractivity contribution in [1.29, 1.82) is 0 Å². The number of aromatic amines is 1. The molecule has 1 aromatic heterocycles. The van der Waals surface area contributed by atoms with Crippen LogP contribution in [0.1, 0.15) is 25.8 Å². The van der Waals surface area contributed by atoms with Gasteiger partial charge in [-0.1, -0.05) is 32.0 Å². The highest BCUT2D eigenvalue weighted by Crippen LogP contribution is 2.19. The van der Waals surface area contributed by atoms with Crippen molar-refractivity contribution in [2.45, 2.75) is 38.8 Å². The molecule has 2 rings (SSSR count). The Kier molecular flexibility index (Phi) is 5.98. The lowest BCUT2D eigenvalue weighted by atomic mass is 10.0. The zero-order valence-electron chi connectivity index (χ0n) is 14.3. The minimum atomic E-state index is -1.00. The Labute approximate surface area is 141 Å². The SMILES string of the molecule is CNC(Cc1c[nH]c2ccccc12)C(=O)NC(CC(C)C)C(=O)O. The van der Waals surface area contributed by atoms with Crippen molar-refractivity contribution >= 4 is 22.8 Å². The summed E-state index contributed by atoms with van der Waals surface area (Å²) in [6, 6.07) is 6.54. The second kappa shape index (κ2) is 7.97. The van der Waals surface area contributed by atoms with Gasteiger partial charge in [-0.15, -0.1) is 0 Å². The predicted molar refractivity (Wildman–Crippen MR) is 93.9 cm³/mol. The average Bonchev–Trinajstić information content (AvgIpc) is 2.94. The van der Waals surface area contributed by atoms with Gasteiger partial charge in [0.15, 0.2) is 0 Å². The van der Waals surface area contributed by atoms with Gasteiger partial charge >= 0.3 is 5.97 Å². The summed E-state index contributed by atoms with van der Waals surface area (Å²) in [6.45, 7) is 3.87. The third-order valence-corrected chi connectivity index (χ3v) is 4.09. The summed E-state index contributed by atoms with van der Waals surface area (Å²) in [5.74, 6) is -1.11. The molecule has 24 heavy (non-hydrogen) atoms. The molecule has 6 heteroatoms. The minimum Gasteiger partial charge on any atom is -0.480 e. The third kappa shape index (κ3) is 4.35. The number of rotatable bonds is 8. The zero-order valence-corrected chi connectivity index (χ0v) is 14.3. The van der Waals surface area contributed by atoms with Gasteiger partial charge in [0, 0.05) is 17.1 Å². The monoisotopic (exact) mass is 331 g/mol. The first kappa shape index (κ1) is 18.0. The molecule has 2 aromatic rings. The molecule has 2 unspecified atom stereocenters. The summed E-state index contributed by atoms with van der Waals surface area (Å²) in [5, 5.41) is 16.0. The molecule has 6 nitrogen and oxygen atoms in total. The number of carbonyl (C=O) groups is 2. The number of carboxylic acid groups (broad SMARTS) is 1. The van der Waals surface area contributed by atoms with Gasteiger partial charge in [-0.2, -0.15) is 0 Å². The fourth-order valence-electron chi connectivity index (χ4n) is 2.81. The van der Waals surface area contributed by atoms with E-state index in [2.05, 4.69) is 15.6 Å². The van der Waals surface area contributed by atoms with E-state index in [1.54, 1.807) is 7.05 Å². The summed E-state index contributed by atoms with van der Waals surface area (Å²) >= 11 is 0. The smallest absolute Gasteiger partial charge is 0.326 e. The highest BCUT2D eigenvalue weighted by atomic mass is 16.4. The minimum absolute atomic E-state index is 0.188. The number of carbonyl (C=O) groups excluding carboxylic acids is 1. The summed E-state index contributed by atoms with van der Waals surface area (Å²) in [4.78, 5) is 27.0. The highest BCUT2D eigenvalue weighted by Gasteiger charge is 2.25. The number of hydrogen-bond donors (Lipinski definition) is 4. The maximum absolute atomic E-state index is 12.5. The Morgan fingerprint density at radius 1 is 1.21 bits per heavy atom. The van der Waals surface area contributed by atoms with Crippen LogP contribution in [0.5, 0.6) is 0 Å². The quantitative estimate of drug-likeness (QED) is 0.594. The second-order valence-corrected chi connectivity index (χ2v) is 6.43. The van der Waals surface area contributed by atoms with E-state index in [0.29, 0.717) is 12.8 Å². The summed E-state index contributed by atoms with van der Waals surface area (Å²) in [7, 11) is 1.71. The molecule has 0 spiro atoms. The fourth-order valence-corrected chi connectivity index (χ4v) is 2.81. The average molecular weight is 331 g/mol. The van der Waals surface area contributed by atoms with Gasteiger partial charge in [0.25, 0.3) is 0 Å². The molecule has 0 saturated carbocycles. The first-order valence-electron chi connectivity index (χ1n) is 8.17. The number of H-pyrrole nitrogens is 1. The Bertz CT molecular complexity index is 708. The Balaban J connectivity index is 2.09. The van der Waals surface area contributed by atoms with Gasteiger partial charge in [-0.05, 0) is 37.4 Å². The van der Waals surface area contributed by atoms with Gasteiger partial charge in [0.1, 0.15) is 6.04 Å². The molecular formula is C18H25N3O3. The van der Waals surface area contributed by atoms with Crippen molar-refractivity contribution in [2.75, 3.05) is 7.05 Å². The topological polar surface area (TPSA) is 94.2 Å². The number of aliphatic carboxylic acids is 1. The van der Waals surface area contributed by atoms with E-state index in [-0.39, 0.29) is 11.8 Å². The molecule has 0 bridgehead atoms. The highest BCUT2D eigenvalue weighted by molar-refractivity contribution is 5.88. The van der Waals surface area contributed by atoms with Crippen LogP contribution >= 0.6 is 0 Å². The van der Waals surface area contributed by atoms with E-state index in [9.17, 15) is 14.7 Å². The fraction of sp³-hybridized carbons (Fsp3) is 0.444. The lowest BCUT2D eigenvalue weighted by Gasteiger charge is -2.21. The molecule has 130 valence electrons. The largest absolute Gasteiger partial charge is 0.480 e. The molecule has 0 aliphatic rings. The first-order chi connectivity index (χ1) is 11.4.